The molecule has 0 radical (unpaired) electrons. The molecule has 6 nitrogen and oxygen atoms in total. The van der Waals surface area contributed by atoms with Crippen molar-refractivity contribution in [3.63, 3.8) is 0 Å². The maximum atomic E-state index is 12.6. The molecule has 3 aromatic rings. The van der Waals surface area contributed by atoms with Crippen LogP contribution in [0, 0.1) is 0 Å². The van der Waals surface area contributed by atoms with Crippen LogP contribution in [-0.2, 0) is 6.42 Å². The lowest BCUT2D eigenvalue weighted by atomic mass is 10.1. The number of benzene rings is 2. The van der Waals surface area contributed by atoms with Crippen molar-refractivity contribution >= 4 is 23.0 Å². The Morgan fingerprint density at radius 3 is 2.85 bits per heavy atom. The average molecular weight is 349 g/mol. The normalized spacial score (nSPS) is 11.0. The number of rotatable bonds is 5. The van der Waals surface area contributed by atoms with Gasteiger partial charge in [0.2, 0.25) is 0 Å². The molecule has 1 heterocycles. The number of amides is 1. The molecule has 0 atom stereocenters. The number of hydrogen-bond donors (Lipinski definition) is 2. The van der Waals surface area contributed by atoms with Gasteiger partial charge < -0.3 is 9.84 Å². The van der Waals surface area contributed by atoms with E-state index in [9.17, 15) is 9.90 Å². The van der Waals surface area contributed by atoms with E-state index in [2.05, 4.69) is 15.5 Å². The summed E-state index contributed by atoms with van der Waals surface area (Å²) >= 11 is 0. The van der Waals surface area contributed by atoms with Gasteiger partial charge >= 0.3 is 0 Å². The first kappa shape index (κ1) is 17.4. The smallest absolute Gasteiger partial charge is 0.272 e. The lowest BCUT2D eigenvalue weighted by Gasteiger charge is -2.07. The third-order valence-corrected chi connectivity index (χ3v) is 3.96. The summed E-state index contributed by atoms with van der Waals surface area (Å²) in [7, 11) is 1.47. The second-order valence-corrected chi connectivity index (χ2v) is 5.66. The highest BCUT2D eigenvalue weighted by molar-refractivity contribution is 6.06. The van der Waals surface area contributed by atoms with Gasteiger partial charge in [-0.2, -0.15) is 5.10 Å². The Kier molecular flexibility index (Phi) is 5.12. The maximum Gasteiger partial charge on any atom is 0.272 e. The van der Waals surface area contributed by atoms with E-state index >= 15 is 0 Å². The van der Waals surface area contributed by atoms with Crippen LogP contribution in [0.25, 0.3) is 10.9 Å². The Morgan fingerprint density at radius 1 is 1.27 bits per heavy atom. The molecule has 3 rings (SSSR count). The summed E-state index contributed by atoms with van der Waals surface area (Å²) in [6.45, 7) is 2.00. The quantitative estimate of drug-likeness (QED) is 0.547. The number of phenolic OH excluding ortho intramolecular Hbond substituents is 1. The van der Waals surface area contributed by atoms with E-state index in [0.717, 1.165) is 23.0 Å². The highest BCUT2D eigenvalue weighted by Crippen LogP contribution is 2.25. The van der Waals surface area contributed by atoms with Crippen LogP contribution >= 0.6 is 0 Å². The zero-order valence-corrected chi connectivity index (χ0v) is 14.6. The number of hydrazone groups is 1. The third-order valence-electron chi connectivity index (χ3n) is 3.96. The molecule has 1 amide bonds. The number of ether oxygens (including phenoxy) is 1. The number of hydrogen-bond acceptors (Lipinski definition) is 5. The zero-order valence-electron chi connectivity index (χ0n) is 14.6. The molecule has 0 fully saturated rings. The van der Waals surface area contributed by atoms with Crippen LogP contribution < -0.4 is 10.2 Å². The van der Waals surface area contributed by atoms with Crippen LogP contribution in [-0.4, -0.2) is 29.3 Å². The predicted octanol–water partition coefficient (Wildman–Crippen LogP) is 3.28. The van der Waals surface area contributed by atoms with Crippen LogP contribution in [0.5, 0.6) is 11.5 Å². The Labute approximate surface area is 151 Å². The van der Waals surface area contributed by atoms with Gasteiger partial charge in [-0.05, 0) is 42.3 Å². The molecule has 6 heteroatoms. The Balaban J connectivity index is 1.83. The molecule has 2 N–H and O–H groups in total. The second kappa shape index (κ2) is 7.65. The molecule has 0 saturated heterocycles. The van der Waals surface area contributed by atoms with Crippen molar-refractivity contribution in [2.45, 2.75) is 13.3 Å². The SMILES string of the molecule is CCc1cc(C(=O)N/N=C\c2ccc(O)c(OC)c2)c2ccccc2n1. The van der Waals surface area contributed by atoms with Crippen molar-refractivity contribution in [3.05, 3.63) is 65.4 Å². The van der Waals surface area contributed by atoms with Gasteiger partial charge in [-0.15, -0.1) is 0 Å². The molecule has 0 aliphatic rings. The molecule has 0 unspecified atom stereocenters. The van der Waals surface area contributed by atoms with Gasteiger partial charge in [-0.3, -0.25) is 9.78 Å². The van der Waals surface area contributed by atoms with Gasteiger partial charge in [-0.25, -0.2) is 5.43 Å². The largest absolute Gasteiger partial charge is 0.504 e. The number of aromatic nitrogens is 1. The summed E-state index contributed by atoms with van der Waals surface area (Å²) < 4.78 is 5.05. The number of phenols is 1. The van der Waals surface area contributed by atoms with Crippen molar-refractivity contribution in [1.82, 2.24) is 10.4 Å². The summed E-state index contributed by atoms with van der Waals surface area (Å²) in [4.78, 5) is 17.1. The molecular weight excluding hydrogens is 330 g/mol. The zero-order chi connectivity index (χ0) is 18.5. The lowest BCUT2D eigenvalue weighted by Crippen LogP contribution is -2.18. The van der Waals surface area contributed by atoms with Crippen LogP contribution in [0.2, 0.25) is 0 Å². The van der Waals surface area contributed by atoms with Crippen LogP contribution in [0.15, 0.2) is 53.6 Å². The van der Waals surface area contributed by atoms with E-state index in [4.69, 9.17) is 4.74 Å². The highest BCUT2D eigenvalue weighted by Gasteiger charge is 2.12. The molecule has 132 valence electrons. The molecule has 0 aliphatic carbocycles. The monoisotopic (exact) mass is 349 g/mol. The first-order valence-corrected chi connectivity index (χ1v) is 8.21. The third kappa shape index (κ3) is 3.64. The predicted molar refractivity (Wildman–Crippen MR) is 101 cm³/mol. The van der Waals surface area contributed by atoms with Crippen molar-refractivity contribution in [2.75, 3.05) is 7.11 Å². The number of pyridine rings is 1. The number of nitrogens with one attached hydrogen (secondary N) is 1. The second-order valence-electron chi connectivity index (χ2n) is 5.66. The van der Waals surface area contributed by atoms with Gasteiger partial charge in [0, 0.05) is 11.1 Å². The van der Waals surface area contributed by atoms with E-state index in [1.165, 1.54) is 19.4 Å². The number of aromatic hydroxyl groups is 1. The van der Waals surface area contributed by atoms with Crippen molar-refractivity contribution in [2.24, 2.45) is 5.10 Å². The number of carbonyl (C=O) groups is 1. The molecule has 0 spiro atoms. The molecule has 0 bridgehead atoms. The molecule has 26 heavy (non-hydrogen) atoms. The minimum Gasteiger partial charge on any atom is -0.504 e. The number of fused-ring (bicyclic) bond motifs is 1. The van der Waals surface area contributed by atoms with Crippen LogP contribution in [0.3, 0.4) is 0 Å². The minimum atomic E-state index is -0.305. The van der Waals surface area contributed by atoms with Crippen LogP contribution in [0.4, 0.5) is 0 Å². The van der Waals surface area contributed by atoms with Gasteiger partial charge in [0.05, 0.1) is 24.4 Å². The highest BCUT2D eigenvalue weighted by atomic mass is 16.5. The molecule has 0 aliphatic heterocycles. The molecule has 0 saturated carbocycles. The Bertz CT molecular complexity index is 983. The average Bonchev–Trinajstić information content (AvgIpc) is 2.68. The van der Waals surface area contributed by atoms with Crippen molar-refractivity contribution in [3.8, 4) is 11.5 Å². The van der Waals surface area contributed by atoms with E-state index in [1.54, 1.807) is 18.2 Å². The van der Waals surface area contributed by atoms with Crippen LogP contribution in [0.1, 0.15) is 28.5 Å². The topological polar surface area (TPSA) is 83.8 Å². The number of aryl methyl sites for hydroxylation is 1. The summed E-state index contributed by atoms with van der Waals surface area (Å²) in [5, 5.41) is 14.4. The first-order chi connectivity index (χ1) is 12.6. The molecular formula is C20H19N3O3. The van der Waals surface area contributed by atoms with E-state index < -0.39 is 0 Å². The minimum absolute atomic E-state index is 0.0454. The number of nitrogens with zero attached hydrogens (tertiary/aromatic N) is 2. The Morgan fingerprint density at radius 2 is 2.08 bits per heavy atom. The summed E-state index contributed by atoms with van der Waals surface area (Å²) in [5.74, 6) is 0.0809. The summed E-state index contributed by atoms with van der Waals surface area (Å²) in [6.07, 6.45) is 2.23. The summed E-state index contributed by atoms with van der Waals surface area (Å²) in [5.41, 5.74) is 5.40. The first-order valence-electron chi connectivity index (χ1n) is 8.21. The Hall–Kier alpha value is -3.41. The maximum absolute atomic E-state index is 12.6. The number of carbonyl (C=O) groups excluding carboxylic acids is 1. The van der Waals surface area contributed by atoms with Gasteiger partial charge in [0.25, 0.3) is 5.91 Å². The lowest BCUT2D eigenvalue weighted by molar-refractivity contribution is 0.0956. The van der Waals surface area contributed by atoms with Gasteiger partial charge in [0.1, 0.15) is 0 Å². The van der Waals surface area contributed by atoms with Gasteiger partial charge in [0.15, 0.2) is 11.5 Å². The van der Waals surface area contributed by atoms with Crippen molar-refractivity contribution in [1.29, 1.82) is 0 Å². The fraction of sp³-hybridized carbons (Fsp3) is 0.150. The van der Waals surface area contributed by atoms with E-state index in [1.807, 2.05) is 31.2 Å². The van der Waals surface area contributed by atoms with E-state index in [-0.39, 0.29) is 11.7 Å². The van der Waals surface area contributed by atoms with E-state index in [0.29, 0.717) is 16.9 Å². The molecule has 1 aromatic heterocycles. The fourth-order valence-electron chi connectivity index (χ4n) is 2.60. The van der Waals surface area contributed by atoms with Crippen molar-refractivity contribution < 1.29 is 14.6 Å². The fourth-order valence-corrected chi connectivity index (χ4v) is 2.60. The number of methoxy groups -OCH3 is 1. The summed E-state index contributed by atoms with van der Waals surface area (Å²) in [6, 6.07) is 14.1. The van der Waals surface area contributed by atoms with Gasteiger partial charge in [-0.1, -0.05) is 25.1 Å². The number of para-hydroxylation sites is 1. The standard InChI is InChI=1S/C20H19N3O3/c1-3-14-11-16(15-6-4-5-7-17(15)22-14)20(25)23-21-12-13-8-9-18(24)19(10-13)26-2/h4-12,24H,3H2,1-2H3,(H,23,25)/b21-12-. The molecule has 2 aromatic carbocycles.